The van der Waals surface area contributed by atoms with E-state index in [1.54, 1.807) is 0 Å². The Kier molecular flexibility index (Phi) is 4.30. The van der Waals surface area contributed by atoms with Gasteiger partial charge in [0.2, 0.25) is 0 Å². The summed E-state index contributed by atoms with van der Waals surface area (Å²) in [6.07, 6.45) is 0.918. The van der Waals surface area contributed by atoms with Crippen LogP contribution in [0.2, 0.25) is 0 Å². The molecule has 1 heterocycles. The third-order valence-corrected chi connectivity index (χ3v) is 2.75. The molecular formula is C14H16N2O3. The van der Waals surface area contributed by atoms with Crippen LogP contribution in [0.4, 0.5) is 0 Å². The summed E-state index contributed by atoms with van der Waals surface area (Å²) in [6.45, 7) is 3.34. The largest absolute Gasteiger partial charge is 0.476 e. The maximum absolute atomic E-state index is 10.6. The van der Waals surface area contributed by atoms with Gasteiger partial charge in [-0.25, -0.2) is 4.79 Å². The Morgan fingerprint density at radius 2 is 2.26 bits per heavy atom. The normalized spacial score (nSPS) is 10.6. The predicted molar refractivity (Wildman–Crippen MR) is 70.1 cm³/mol. The van der Waals surface area contributed by atoms with Crippen LogP contribution in [-0.2, 0) is 13.0 Å². The number of rotatable bonds is 6. The van der Waals surface area contributed by atoms with Crippen molar-refractivity contribution in [3.8, 4) is 0 Å². The van der Waals surface area contributed by atoms with E-state index in [0.29, 0.717) is 12.3 Å². The number of hydrogen-bond donors (Lipinski definition) is 2. The van der Waals surface area contributed by atoms with Crippen molar-refractivity contribution in [1.82, 2.24) is 10.5 Å². The highest BCUT2D eigenvalue weighted by Crippen LogP contribution is 2.05. The average molecular weight is 260 g/mol. The summed E-state index contributed by atoms with van der Waals surface area (Å²) in [5.41, 5.74) is 2.46. The molecule has 0 amide bonds. The maximum atomic E-state index is 10.6. The number of aryl methyl sites for hydroxylation is 1. The Labute approximate surface area is 111 Å². The molecule has 2 aromatic rings. The second-order valence-corrected chi connectivity index (χ2v) is 4.40. The third-order valence-electron chi connectivity index (χ3n) is 2.75. The molecule has 1 aromatic carbocycles. The zero-order valence-electron chi connectivity index (χ0n) is 10.7. The van der Waals surface area contributed by atoms with Gasteiger partial charge in [-0.15, -0.1) is 0 Å². The summed E-state index contributed by atoms with van der Waals surface area (Å²) in [5.74, 6) is -0.545. The molecule has 0 atom stereocenters. The summed E-state index contributed by atoms with van der Waals surface area (Å²) < 4.78 is 4.90. The van der Waals surface area contributed by atoms with E-state index < -0.39 is 5.97 Å². The smallest absolute Gasteiger partial charge is 0.358 e. The molecule has 0 aliphatic carbocycles. The van der Waals surface area contributed by atoms with E-state index in [1.807, 2.05) is 6.07 Å². The second kappa shape index (κ2) is 6.15. The lowest BCUT2D eigenvalue weighted by atomic mass is 10.1. The monoisotopic (exact) mass is 260 g/mol. The van der Waals surface area contributed by atoms with E-state index in [-0.39, 0.29) is 5.69 Å². The molecule has 0 aliphatic rings. The van der Waals surface area contributed by atoms with Gasteiger partial charge in [0.1, 0.15) is 0 Å². The van der Waals surface area contributed by atoms with Gasteiger partial charge in [-0.2, -0.15) is 0 Å². The van der Waals surface area contributed by atoms with Crippen molar-refractivity contribution in [2.24, 2.45) is 0 Å². The van der Waals surface area contributed by atoms with Crippen LogP contribution in [-0.4, -0.2) is 22.8 Å². The lowest BCUT2D eigenvalue weighted by Crippen LogP contribution is -2.16. The number of nitrogens with zero attached hydrogens (tertiary/aromatic N) is 1. The lowest BCUT2D eigenvalue weighted by molar-refractivity contribution is 0.0685. The molecule has 100 valence electrons. The second-order valence-electron chi connectivity index (χ2n) is 4.40. The van der Waals surface area contributed by atoms with Gasteiger partial charge in [0.15, 0.2) is 11.5 Å². The molecule has 19 heavy (non-hydrogen) atoms. The van der Waals surface area contributed by atoms with Crippen LogP contribution >= 0.6 is 0 Å². The van der Waals surface area contributed by atoms with Gasteiger partial charge in [-0.3, -0.25) is 0 Å². The first-order valence-electron chi connectivity index (χ1n) is 6.10. The summed E-state index contributed by atoms with van der Waals surface area (Å²) in [7, 11) is 0. The van der Waals surface area contributed by atoms with Crippen molar-refractivity contribution in [2.45, 2.75) is 19.9 Å². The fraction of sp³-hybridized carbons (Fsp3) is 0.286. The minimum absolute atomic E-state index is 0.0597. The molecule has 0 bridgehead atoms. The molecule has 0 radical (unpaired) electrons. The topological polar surface area (TPSA) is 75.4 Å². The molecule has 2 N–H and O–H groups in total. The fourth-order valence-corrected chi connectivity index (χ4v) is 1.81. The SMILES string of the molecule is Cc1cccc(CCNCc2cc(C(=O)O)no2)c1. The molecule has 0 saturated carbocycles. The summed E-state index contributed by atoms with van der Waals surface area (Å²) in [4.78, 5) is 10.6. The van der Waals surface area contributed by atoms with Gasteiger partial charge in [-0.05, 0) is 25.5 Å². The van der Waals surface area contributed by atoms with E-state index in [1.165, 1.54) is 17.2 Å². The number of hydrogen-bond acceptors (Lipinski definition) is 4. The van der Waals surface area contributed by atoms with Gasteiger partial charge in [0.25, 0.3) is 0 Å². The van der Waals surface area contributed by atoms with Crippen LogP contribution in [0.3, 0.4) is 0 Å². The zero-order valence-corrected chi connectivity index (χ0v) is 10.7. The zero-order chi connectivity index (χ0) is 13.7. The number of carboxylic acid groups (broad SMARTS) is 1. The summed E-state index contributed by atoms with van der Waals surface area (Å²) >= 11 is 0. The highest BCUT2D eigenvalue weighted by atomic mass is 16.5. The number of aromatic nitrogens is 1. The Hall–Kier alpha value is -2.14. The number of carbonyl (C=O) groups is 1. The van der Waals surface area contributed by atoms with Crippen molar-refractivity contribution in [3.63, 3.8) is 0 Å². The molecule has 0 fully saturated rings. The van der Waals surface area contributed by atoms with Crippen LogP contribution in [0, 0.1) is 6.92 Å². The summed E-state index contributed by atoms with van der Waals surface area (Å²) in [5, 5.41) is 15.3. The fourth-order valence-electron chi connectivity index (χ4n) is 1.81. The predicted octanol–water partition coefficient (Wildman–Crippen LogP) is 2.01. The molecule has 0 saturated heterocycles. The van der Waals surface area contributed by atoms with E-state index in [9.17, 15) is 4.79 Å². The van der Waals surface area contributed by atoms with Gasteiger partial charge < -0.3 is 14.9 Å². The number of aromatic carboxylic acids is 1. The molecule has 0 aliphatic heterocycles. The molecule has 0 unspecified atom stereocenters. The number of benzene rings is 1. The molecule has 5 heteroatoms. The van der Waals surface area contributed by atoms with Crippen LogP contribution in [0.25, 0.3) is 0 Å². The van der Waals surface area contributed by atoms with Crippen molar-refractivity contribution >= 4 is 5.97 Å². The van der Waals surface area contributed by atoms with E-state index in [4.69, 9.17) is 9.63 Å². The van der Waals surface area contributed by atoms with Gasteiger partial charge in [0, 0.05) is 6.07 Å². The molecule has 5 nitrogen and oxygen atoms in total. The van der Waals surface area contributed by atoms with E-state index in [2.05, 4.69) is 35.6 Å². The van der Waals surface area contributed by atoms with Gasteiger partial charge in [0.05, 0.1) is 6.54 Å². The number of carboxylic acids is 1. The van der Waals surface area contributed by atoms with E-state index in [0.717, 1.165) is 13.0 Å². The van der Waals surface area contributed by atoms with Crippen LogP contribution in [0.15, 0.2) is 34.9 Å². The average Bonchev–Trinajstić information content (AvgIpc) is 2.84. The molecule has 2 rings (SSSR count). The minimum Gasteiger partial charge on any atom is -0.476 e. The molecular weight excluding hydrogens is 244 g/mol. The Morgan fingerprint density at radius 1 is 1.42 bits per heavy atom. The maximum Gasteiger partial charge on any atom is 0.358 e. The Bertz CT molecular complexity index is 563. The minimum atomic E-state index is -1.07. The highest BCUT2D eigenvalue weighted by molar-refractivity contribution is 5.85. The standard InChI is InChI=1S/C14H16N2O3/c1-10-3-2-4-11(7-10)5-6-15-9-12-8-13(14(17)18)16-19-12/h2-4,7-8,15H,5-6,9H2,1H3,(H,17,18). The molecule has 1 aromatic heterocycles. The van der Waals surface area contributed by atoms with Crippen LogP contribution < -0.4 is 5.32 Å². The summed E-state index contributed by atoms with van der Waals surface area (Å²) in [6, 6.07) is 9.78. The highest BCUT2D eigenvalue weighted by Gasteiger charge is 2.09. The first-order valence-corrected chi connectivity index (χ1v) is 6.10. The first kappa shape index (κ1) is 13.3. The van der Waals surface area contributed by atoms with Crippen molar-refractivity contribution in [1.29, 1.82) is 0 Å². The molecule has 0 spiro atoms. The van der Waals surface area contributed by atoms with Crippen LogP contribution in [0.5, 0.6) is 0 Å². The number of nitrogens with one attached hydrogen (secondary N) is 1. The van der Waals surface area contributed by atoms with Crippen molar-refractivity contribution in [2.75, 3.05) is 6.54 Å². The first-order chi connectivity index (χ1) is 9.15. The van der Waals surface area contributed by atoms with Crippen LogP contribution in [0.1, 0.15) is 27.4 Å². The van der Waals surface area contributed by atoms with Gasteiger partial charge >= 0.3 is 5.97 Å². The van der Waals surface area contributed by atoms with E-state index >= 15 is 0 Å². The quantitative estimate of drug-likeness (QED) is 0.777. The van der Waals surface area contributed by atoms with Gasteiger partial charge in [-0.1, -0.05) is 35.0 Å². The third kappa shape index (κ3) is 3.93. The van der Waals surface area contributed by atoms with Crippen molar-refractivity contribution < 1.29 is 14.4 Å². The van der Waals surface area contributed by atoms with Crippen molar-refractivity contribution in [3.05, 3.63) is 52.9 Å². The Morgan fingerprint density at radius 3 is 2.95 bits per heavy atom. The Balaban J connectivity index is 1.76. The lowest BCUT2D eigenvalue weighted by Gasteiger charge is -2.03.